The first-order valence-corrected chi connectivity index (χ1v) is 8.88. The Bertz CT molecular complexity index is 732. The summed E-state index contributed by atoms with van der Waals surface area (Å²) >= 11 is 1.35. The van der Waals surface area contributed by atoms with E-state index in [4.69, 9.17) is 14.2 Å². The molecular weight excluding hydrogens is 346 g/mol. The minimum Gasteiger partial charge on any atom is -0.454 e. The molecule has 1 atom stereocenters. The summed E-state index contributed by atoms with van der Waals surface area (Å²) < 4.78 is 15.8. The molecule has 0 radical (unpaired) electrons. The molecule has 132 valence electrons. The second-order valence-corrected chi connectivity index (χ2v) is 6.93. The van der Waals surface area contributed by atoms with E-state index >= 15 is 0 Å². The van der Waals surface area contributed by atoms with Crippen LogP contribution in [0.15, 0.2) is 23.2 Å². The number of aliphatic imine (C=N–C) groups is 1. The van der Waals surface area contributed by atoms with E-state index in [0.29, 0.717) is 35.6 Å². The molecule has 3 heterocycles. The largest absolute Gasteiger partial charge is 0.454 e. The van der Waals surface area contributed by atoms with Crippen LogP contribution in [0.4, 0.5) is 5.69 Å². The van der Waals surface area contributed by atoms with Crippen LogP contribution in [0.3, 0.4) is 0 Å². The molecule has 8 nitrogen and oxygen atoms in total. The van der Waals surface area contributed by atoms with Crippen molar-refractivity contribution in [3.63, 3.8) is 0 Å². The topological polar surface area (TPSA) is 89.5 Å². The molecule has 4 rings (SSSR count). The number of benzene rings is 1. The molecule has 1 unspecified atom stereocenters. The van der Waals surface area contributed by atoms with E-state index in [1.807, 2.05) is 4.90 Å². The first kappa shape index (κ1) is 16.2. The highest BCUT2D eigenvalue weighted by atomic mass is 32.2. The average molecular weight is 363 g/mol. The van der Waals surface area contributed by atoms with Gasteiger partial charge in [-0.2, -0.15) is 4.99 Å². The SMILES string of the molecule is O=C(CC1SC(N2CCOCC2)=NC1=O)Nc1ccc2c(c1)OCO2. The van der Waals surface area contributed by atoms with Gasteiger partial charge >= 0.3 is 0 Å². The third-order valence-corrected chi connectivity index (χ3v) is 5.25. The van der Waals surface area contributed by atoms with E-state index in [0.717, 1.165) is 13.1 Å². The molecule has 1 fully saturated rings. The maximum Gasteiger partial charge on any atom is 0.262 e. The number of nitrogens with zero attached hydrogens (tertiary/aromatic N) is 2. The van der Waals surface area contributed by atoms with Crippen LogP contribution < -0.4 is 14.8 Å². The lowest BCUT2D eigenvalue weighted by Crippen LogP contribution is -2.39. The Morgan fingerprint density at radius 2 is 2.08 bits per heavy atom. The van der Waals surface area contributed by atoms with Gasteiger partial charge in [0, 0.05) is 31.3 Å². The maximum absolute atomic E-state index is 12.3. The zero-order chi connectivity index (χ0) is 17.2. The highest BCUT2D eigenvalue weighted by molar-refractivity contribution is 8.15. The first-order chi connectivity index (χ1) is 12.2. The van der Waals surface area contributed by atoms with Crippen LogP contribution in [0.5, 0.6) is 11.5 Å². The van der Waals surface area contributed by atoms with Gasteiger partial charge in [0.25, 0.3) is 5.91 Å². The van der Waals surface area contributed by atoms with Crippen molar-refractivity contribution in [1.29, 1.82) is 0 Å². The van der Waals surface area contributed by atoms with E-state index < -0.39 is 5.25 Å². The van der Waals surface area contributed by atoms with Crippen LogP contribution in [-0.2, 0) is 14.3 Å². The molecule has 1 aromatic carbocycles. The molecule has 0 bridgehead atoms. The Balaban J connectivity index is 1.33. The van der Waals surface area contributed by atoms with Crippen molar-refractivity contribution in [3.8, 4) is 11.5 Å². The number of amides is 2. The second kappa shape index (κ2) is 6.93. The number of hydrogen-bond acceptors (Lipinski definition) is 7. The van der Waals surface area contributed by atoms with Crippen molar-refractivity contribution >= 4 is 34.4 Å². The molecule has 3 aliphatic heterocycles. The van der Waals surface area contributed by atoms with Gasteiger partial charge in [-0.15, -0.1) is 0 Å². The van der Waals surface area contributed by atoms with Gasteiger partial charge in [-0.05, 0) is 12.1 Å². The van der Waals surface area contributed by atoms with Crippen LogP contribution in [-0.4, -0.2) is 60.2 Å². The van der Waals surface area contributed by atoms with Crippen LogP contribution >= 0.6 is 11.8 Å². The highest BCUT2D eigenvalue weighted by Gasteiger charge is 2.33. The molecule has 0 aliphatic carbocycles. The van der Waals surface area contributed by atoms with Crippen molar-refractivity contribution < 1.29 is 23.8 Å². The second-order valence-electron chi connectivity index (χ2n) is 5.76. The van der Waals surface area contributed by atoms with Gasteiger partial charge < -0.3 is 24.4 Å². The summed E-state index contributed by atoms with van der Waals surface area (Å²) in [6.07, 6.45) is 0.0787. The number of hydrogen-bond donors (Lipinski definition) is 1. The molecule has 0 saturated carbocycles. The predicted octanol–water partition coefficient (Wildman–Crippen LogP) is 1.07. The minimum atomic E-state index is -0.480. The van der Waals surface area contributed by atoms with Crippen molar-refractivity contribution in [2.45, 2.75) is 11.7 Å². The van der Waals surface area contributed by atoms with Crippen molar-refractivity contribution in [2.75, 3.05) is 38.4 Å². The van der Waals surface area contributed by atoms with Crippen molar-refractivity contribution in [2.24, 2.45) is 4.99 Å². The normalized spacial score (nSPS) is 22.1. The zero-order valence-electron chi connectivity index (χ0n) is 13.4. The Hall–Kier alpha value is -2.26. The highest BCUT2D eigenvalue weighted by Crippen LogP contribution is 2.34. The molecule has 3 aliphatic rings. The Morgan fingerprint density at radius 3 is 2.92 bits per heavy atom. The summed E-state index contributed by atoms with van der Waals surface area (Å²) in [6, 6.07) is 5.19. The monoisotopic (exact) mass is 363 g/mol. The maximum atomic E-state index is 12.3. The summed E-state index contributed by atoms with van der Waals surface area (Å²) in [4.78, 5) is 30.5. The number of anilines is 1. The average Bonchev–Trinajstić information content (AvgIpc) is 3.22. The van der Waals surface area contributed by atoms with Crippen LogP contribution in [0.1, 0.15) is 6.42 Å². The van der Waals surface area contributed by atoms with Gasteiger partial charge in [0.2, 0.25) is 12.7 Å². The summed E-state index contributed by atoms with van der Waals surface area (Å²) in [5, 5.41) is 3.00. The molecule has 1 N–H and O–H groups in total. The van der Waals surface area contributed by atoms with E-state index in [2.05, 4.69) is 10.3 Å². The van der Waals surface area contributed by atoms with Gasteiger partial charge in [-0.25, -0.2) is 0 Å². The standard InChI is InChI=1S/C16H17N3O5S/c20-14(17-10-1-2-11-12(7-10)24-9-23-11)8-13-15(21)18-16(25-13)19-3-5-22-6-4-19/h1-2,7,13H,3-6,8-9H2,(H,17,20). The van der Waals surface area contributed by atoms with E-state index in [-0.39, 0.29) is 25.0 Å². The van der Waals surface area contributed by atoms with Crippen LogP contribution in [0, 0.1) is 0 Å². The van der Waals surface area contributed by atoms with E-state index in [1.165, 1.54) is 11.8 Å². The summed E-state index contributed by atoms with van der Waals surface area (Å²) in [6.45, 7) is 2.87. The zero-order valence-corrected chi connectivity index (χ0v) is 14.2. The predicted molar refractivity (Wildman–Crippen MR) is 92.0 cm³/mol. The Kier molecular flexibility index (Phi) is 4.50. The molecule has 1 aromatic rings. The number of rotatable bonds is 3. The summed E-state index contributed by atoms with van der Waals surface area (Å²) in [5.41, 5.74) is 0.610. The molecule has 9 heteroatoms. The number of amidine groups is 1. The number of carbonyl (C=O) groups is 2. The van der Waals surface area contributed by atoms with Gasteiger partial charge in [0.1, 0.15) is 5.25 Å². The third kappa shape index (κ3) is 3.57. The van der Waals surface area contributed by atoms with Gasteiger partial charge in [0.05, 0.1) is 13.2 Å². The smallest absolute Gasteiger partial charge is 0.262 e. The number of fused-ring (bicyclic) bond motifs is 1. The quantitative estimate of drug-likeness (QED) is 0.859. The lowest BCUT2D eigenvalue weighted by atomic mass is 10.2. The Labute approximate surface area is 148 Å². The van der Waals surface area contributed by atoms with Crippen LogP contribution in [0.25, 0.3) is 0 Å². The number of carbonyl (C=O) groups excluding carboxylic acids is 2. The minimum absolute atomic E-state index is 0.0787. The lowest BCUT2D eigenvalue weighted by molar-refractivity contribution is -0.121. The number of morpholine rings is 1. The lowest BCUT2D eigenvalue weighted by Gasteiger charge is -2.27. The molecular formula is C16H17N3O5S. The first-order valence-electron chi connectivity index (χ1n) is 8.00. The van der Waals surface area contributed by atoms with Crippen molar-refractivity contribution in [3.05, 3.63) is 18.2 Å². The molecule has 0 aromatic heterocycles. The molecule has 1 saturated heterocycles. The van der Waals surface area contributed by atoms with Gasteiger partial charge in [-0.1, -0.05) is 11.8 Å². The fourth-order valence-corrected chi connectivity index (χ4v) is 3.87. The van der Waals surface area contributed by atoms with E-state index in [9.17, 15) is 9.59 Å². The summed E-state index contributed by atoms with van der Waals surface area (Å²) in [7, 11) is 0. The Morgan fingerprint density at radius 1 is 1.28 bits per heavy atom. The van der Waals surface area contributed by atoms with Crippen LogP contribution in [0.2, 0.25) is 0 Å². The molecule has 2 amide bonds. The number of thioether (sulfide) groups is 1. The van der Waals surface area contributed by atoms with Gasteiger partial charge in [-0.3, -0.25) is 9.59 Å². The fourth-order valence-electron chi connectivity index (χ4n) is 2.75. The van der Waals surface area contributed by atoms with Gasteiger partial charge in [0.15, 0.2) is 16.7 Å². The fraction of sp³-hybridized carbons (Fsp3) is 0.438. The van der Waals surface area contributed by atoms with Crippen molar-refractivity contribution in [1.82, 2.24) is 4.90 Å². The molecule has 0 spiro atoms. The number of ether oxygens (including phenoxy) is 3. The van der Waals surface area contributed by atoms with E-state index in [1.54, 1.807) is 18.2 Å². The molecule has 25 heavy (non-hydrogen) atoms. The number of nitrogens with one attached hydrogen (secondary N) is 1. The third-order valence-electron chi connectivity index (χ3n) is 4.04. The summed E-state index contributed by atoms with van der Waals surface area (Å²) in [5.74, 6) is 0.764.